The summed E-state index contributed by atoms with van der Waals surface area (Å²) in [7, 11) is -1.66. The highest BCUT2D eigenvalue weighted by Gasteiger charge is 2.62. The van der Waals surface area contributed by atoms with Crippen LogP contribution < -0.4 is 0 Å². The van der Waals surface area contributed by atoms with Gasteiger partial charge in [0.2, 0.25) is 0 Å². The van der Waals surface area contributed by atoms with Crippen LogP contribution in [-0.4, -0.2) is 18.4 Å². The zero-order valence-corrected chi connectivity index (χ0v) is 13.9. The average molecular weight is 257 g/mol. The lowest BCUT2D eigenvalue weighted by molar-refractivity contribution is 0.148. The number of rotatable bonds is 6. The van der Waals surface area contributed by atoms with Crippen LogP contribution >= 0.6 is 0 Å². The fourth-order valence-corrected chi connectivity index (χ4v) is 13.3. The van der Waals surface area contributed by atoms with Crippen molar-refractivity contribution in [3.05, 3.63) is 0 Å². The van der Waals surface area contributed by atoms with Crippen molar-refractivity contribution < 1.29 is 5.11 Å². The molecule has 0 spiro atoms. The van der Waals surface area contributed by atoms with Crippen molar-refractivity contribution in [1.82, 2.24) is 0 Å². The van der Waals surface area contributed by atoms with E-state index in [9.17, 15) is 5.11 Å². The summed E-state index contributed by atoms with van der Waals surface area (Å²) in [6, 6.07) is 0. The van der Waals surface area contributed by atoms with Crippen molar-refractivity contribution in [1.29, 1.82) is 0 Å². The molecule has 0 radical (unpaired) electrons. The van der Waals surface area contributed by atoms with Crippen LogP contribution in [0.1, 0.15) is 67.7 Å². The van der Waals surface area contributed by atoms with Gasteiger partial charge in [-0.15, -0.1) is 0 Å². The molecule has 1 rings (SSSR count). The molecular weight excluding hydrogens is 224 g/mol. The Morgan fingerprint density at radius 1 is 1.18 bits per heavy atom. The first kappa shape index (κ1) is 15.2. The zero-order chi connectivity index (χ0) is 13.4. The Labute approximate surface area is 109 Å². The number of aliphatic hydroxyl groups is 1. The van der Waals surface area contributed by atoms with Crippen LogP contribution in [0.3, 0.4) is 0 Å². The summed E-state index contributed by atoms with van der Waals surface area (Å²) in [6.07, 6.45) is 4.06. The van der Waals surface area contributed by atoms with E-state index in [0.717, 1.165) is 11.5 Å². The predicted molar refractivity (Wildman–Crippen MR) is 79.0 cm³/mol. The first-order valence-corrected chi connectivity index (χ1v) is 9.65. The monoisotopic (exact) mass is 256 g/mol. The summed E-state index contributed by atoms with van der Waals surface area (Å²) < 4.78 is 0. The molecule has 1 N–H and O–H groups in total. The summed E-state index contributed by atoms with van der Waals surface area (Å²) in [5.74, 6) is 0.919. The molecule has 1 nitrogen and oxygen atoms in total. The van der Waals surface area contributed by atoms with Gasteiger partial charge >= 0.3 is 0 Å². The maximum absolute atomic E-state index is 10.8. The summed E-state index contributed by atoms with van der Waals surface area (Å²) in [5, 5.41) is 10.4. The van der Waals surface area contributed by atoms with Crippen LogP contribution in [0.5, 0.6) is 0 Å². The van der Waals surface area contributed by atoms with E-state index in [1.807, 2.05) is 0 Å². The summed E-state index contributed by atoms with van der Waals surface area (Å²) in [4.78, 5) is 0. The van der Waals surface area contributed by atoms with E-state index in [4.69, 9.17) is 0 Å². The Hall–Kier alpha value is 0.177. The van der Waals surface area contributed by atoms with E-state index in [0.29, 0.717) is 11.1 Å². The van der Waals surface area contributed by atoms with Gasteiger partial charge < -0.3 is 5.11 Å². The molecule has 17 heavy (non-hydrogen) atoms. The molecule has 1 aliphatic rings. The van der Waals surface area contributed by atoms with E-state index < -0.39 is 13.3 Å². The topological polar surface area (TPSA) is 20.2 Å². The van der Waals surface area contributed by atoms with Crippen molar-refractivity contribution in [2.75, 3.05) is 0 Å². The van der Waals surface area contributed by atoms with Gasteiger partial charge in [0.15, 0.2) is 0 Å². The standard InChI is InChI=1S/C15H32OSi/c1-8-9-13-10-14(13)17(11(2)3,12(4)5)15(6,7)16/h11-14,16H,8-10H2,1-7H3. The predicted octanol–water partition coefficient (Wildman–Crippen LogP) is 4.76. The van der Waals surface area contributed by atoms with E-state index in [-0.39, 0.29) is 0 Å². The van der Waals surface area contributed by atoms with Crippen LogP contribution in [0.15, 0.2) is 0 Å². The van der Waals surface area contributed by atoms with Gasteiger partial charge in [0.1, 0.15) is 0 Å². The van der Waals surface area contributed by atoms with Crippen LogP contribution in [0.2, 0.25) is 16.6 Å². The van der Waals surface area contributed by atoms with Crippen molar-refractivity contribution in [2.24, 2.45) is 5.92 Å². The molecule has 0 aliphatic heterocycles. The van der Waals surface area contributed by atoms with E-state index >= 15 is 0 Å². The minimum absolute atomic E-state index is 0.442. The summed E-state index contributed by atoms with van der Waals surface area (Å²) in [6.45, 7) is 15.9. The van der Waals surface area contributed by atoms with Crippen LogP contribution in [0.25, 0.3) is 0 Å². The SMILES string of the molecule is CCCC1CC1[Si](C(C)C)(C(C)C)C(C)(C)O. The molecule has 2 atom stereocenters. The van der Waals surface area contributed by atoms with Crippen LogP contribution in [0, 0.1) is 5.92 Å². The molecule has 0 bridgehead atoms. The molecule has 0 aromatic carbocycles. The van der Waals surface area contributed by atoms with Crippen molar-refractivity contribution >= 4 is 8.07 Å². The fourth-order valence-electron chi connectivity index (χ4n) is 4.91. The summed E-state index contributed by atoms with van der Waals surface area (Å²) in [5.41, 5.74) is 2.21. The van der Waals surface area contributed by atoms with E-state index in [1.165, 1.54) is 19.3 Å². The Kier molecular flexibility index (Phi) is 4.52. The lowest BCUT2D eigenvalue weighted by Crippen LogP contribution is -2.60. The first-order chi connectivity index (χ1) is 7.69. The molecule has 2 unspecified atom stereocenters. The van der Waals surface area contributed by atoms with Gasteiger partial charge in [0.05, 0.1) is 13.3 Å². The second-order valence-electron chi connectivity index (χ2n) is 7.19. The zero-order valence-electron chi connectivity index (χ0n) is 12.9. The van der Waals surface area contributed by atoms with E-state index in [2.05, 4.69) is 48.5 Å². The normalized spacial score (nSPS) is 25.8. The molecule has 102 valence electrons. The van der Waals surface area contributed by atoms with Crippen molar-refractivity contribution in [3.8, 4) is 0 Å². The lowest BCUT2D eigenvalue weighted by atomic mass is 10.2. The largest absolute Gasteiger partial charge is 0.394 e. The average Bonchev–Trinajstić information content (AvgIpc) is 2.81. The Morgan fingerprint density at radius 2 is 1.65 bits per heavy atom. The third-order valence-corrected chi connectivity index (χ3v) is 13.0. The molecule has 0 heterocycles. The second kappa shape index (κ2) is 5.04. The minimum Gasteiger partial charge on any atom is -0.394 e. The van der Waals surface area contributed by atoms with Gasteiger partial charge in [-0.05, 0) is 42.8 Å². The third kappa shape index (κ3) is 2.48. The smallest absolute Gasteiger partial charge is 0.0988 e. The van der Waals surface area contributed by atoms with Gasteiger partial charge in [-0.3, -0.25) is 0 Å². The maximum atomic E-state index is 10.8. The minimum atomic E-state index is -1.66. The quantitative estimate of drug-likeness (QED) is 0.680. The van der Waals surface area contributed by atoms with Gasteiger partial charge in [-0.1, -0.05) is 47.5 Å². The summed E-state index contributed by atoms with van der Waals surface area (Å²) >= 11 is 0. The molecule has 1 aliphatic carbocycles. The second-order valence-corrected chi connectivity index (χ2v) is 13.3. The molecule has 2 heteroatoms. The van der Waals surface area contributed by atoms with Crippen LogP contribution in [-0.2, 0) is 0 Å². The first-order valence-electron chi connectivity index (χ1n) is 7.41. The molecule has 0 aromatic heterocycles. The Bertz CT molecular complexity index is 244. The highest BCUT2D eigenvalue weighted by Crippen LogP contribution is 2.63. The van der Waals surface area contributed by atoms with Gasteiger partial charge in [-0.2, -0.15) is 0 Å². The fraction of sp³-hybridized carbons (Fsp3) is 1.00. The number of hydrogen-bond acceptors (Lipinski definition) is 1. The van der Waals surface area contributed by atoms with Crippen LogP contribution in [0.4, 0.5) is 0 Å². The lowest BCUT2D eigenvalue weighted by Gasteiger charge is -2.49. The third-order valence-electron chi connectivity index (χ3n) is 5.17. The molecule has 0 saturated heterocycles. The molecule has 1 fully saturated rings. The molecule has 1 saturated carbocycles. The molecule has 0 amide bonds. The Morgan fingerprint density at radius 3 is 1.94 bits per heavy atom. The Balaban J connectivity index is 3.03. The van der Waals surface area contributed by atoms with E-state index in [1.54, 1.807) is 0 Å². The van der Waals surface area contributed by atoms with Gasteiger partial charge in [0, 0.05) is 0 Å². The number of hydrogen-bond donors (Lipinski definition) is 1. The maximum Gasteiger partial charge on any atom is 0.0988 e. The molecular formula is C15H32OSi. The van der Waals surface area contributed by atoms with Crippen molar-refractivity contribution in [2.45, 2.75) is 89.6 Å². The highest BCUT2D eigenvalue weighted by molar-refractivity contribution is 6.86. The van der Waals surface area contributed by atoms with Gasteiger partial charge in [-0.25, -0.2) is 0 Å². The van der Waals surface area contributed by atoms with Crippen molar-refractivity contribution in [3.63, 3.8) is 0 Å². The highest BCUT2D eigenvalue weighted by atomic mass is 28.3. The molecule has 0 aromatic rings. The van der Waals surface area contributed by atoms with Gasteiger partial charge in [0.25, 0.3) is 0 Å².